The molecule has 0 spiro atoms. The highest BCUT2D eigenvalue weighted by Gasteiger charge is 2.22. The first-order chi connectivity index (χ1) is 11.5. The molecule has 0 aliphatic carbocycles. The predicted octanol–water partition coefficient (Wildman–Crippen LogP) is 2.10. The van der Waals surface area contributed by atoms with E-state index in [4.69, 9.17) is 14.0 Å². The zero-order valence-corrected chi connectivity index (χ0v) is 14.4. The van der Waals surface area contributed by atoms with Crippen LogP contribution >= 0.6 is 11.3 Å². The fourth-order valence-corrected chi connectivity index (χ4v) is 3.29. The Morgan fingerprint density at radius 1 is 1.25 bits per heavy atom. The summed E-state index contributed by atoms with van der Waals surface area (Å²) in [5.41, 5.74) is 0.726. The number of anilines is 1. The summed E-state index contributed by atoms with van der Waals surface area (Å²) in [6.45, 7) is 3.74. The van der Waals surface area contributed by atoms with Crippen LogP contribution in [0, 0.1) is 13.8 Å². The molecule has 1 N–H and O–H groups in total. The molecule has 3 aromatic heterocycles. The number of hydrogen-bond acceptors (Lipinski definition) is 9. The second-order valence-corrected chi connectivity index (χ2v) is 5.92. The maximum atomic E-state index is 12.5. The molecular weight excluding hydrogens is 334 g/mol. The normalized spacial score (nSPS) is 11.0. The number of aromatic nitrogens is 4. The number of methoxy groups -OCH3 is 2. The molecule has 0 radical (unpaired) electrons. The van der Waals surface area contributed by atoms with Crippen LogP contribution < -0.4 is 10.1 Å². The van der Waals surface area contributed by atoms with Crippen LogP contribution in [0.5, 0.6) is 5.88 Å². The van der Waals surface area contributed by atoms with Gasteiger partial charge >= 0.3 is 6.01 Å². The van der Waals surface area contributed by atoms with E-state index in [-0.39, 0.29) is 18.5 Å². The number of amides is 1. The fourth-order valence-electron chi connectivity index (χ4n) is 2.20. The number of rotatable bonds is 5. The molecule has 0 atom stereocenters. The molecule has 24 heavy (non-hydrogen) atoms. The number of ether oxygens (including phenoxy) is 2. The van der Waals surface area contributed by atoms with Gasteiger partial charge in [0.25, 0.3) is 5.91 Å². The molecule has 0 aromatic carbocycles. The van der Waals surface area contributed by atoms with Gasteiger partial charge in [0.05, 0.1) is 17.4 Å². The van der Waals surface area contributed by atoms with E-state index < -0.39 is 0 Å². The Morgan fingerprint density at radius 2 is 2.04 bits per heavy atom. The number of thiophene rings is 1. The SMILES string of the molecule is COCc1nc(OC)c2c(C)c(C(=O)Nc3nc(C)no3)sc2n1. The van der Waals surface area contributed by atoms with Crippen molar-refractivity contribution in [1.29, 1.82) is 0 Å². The highest BCUT2D eigenvalue weighted by molar-refractivity contribution is 7.20. The van der Waals surface area contributed by atoms with Gasteiger partial charge in [0.1, 0.15) is 11.4 Å². The Labute approximate surface area is 141 Å². The van der Waals surface area contributed by atoms with E-state index in [1.165, 1.54) is 18.4 Å². The summed E-state index contributed by atoms with van der Waals surface area (Å²) in [5.74, 6) is 0.987. The molecule has 0 aliphatic heterocycles. The molecule has 0 bridgehead atoms. The van der Waals surface area contributed by atoms with Crippen molar-refractivity contribution in [3.05, 3.63) is 22.1 Å². The third-order valence-electron chi connectivity index (χ3n) is 3.22. The van der Waals surface area contributed by atoms with E-state index in [0.29, 0.717) is 32.6 Å². The molecule has 0 unspecified atom stereocenters. The predicted molar refractivity (Wildman–Crippen MR) is 86.4 cm³/mol. The summed E-state index contributed by atoms with van der Waals surface area (Å²) >= 11 is 1.24. The van der Waals surface area contributed by atoms with Gasteiger partial charge in [-0.2, -0.15) is 9.97 Å². The Hall–Kier alpha value is -2.59. The minimum Gasteiger partial charge on any atom is -0.480 e. The largest absolute Gasteiger partial charge is 0.480 e. The van der Waals surface area contributed by atoms with Gasteiger partial charge in [-0.3, -0.25) is 10.1 Å². The molecule has 3 heterocycles. The van der Waals surface area contributed by atoms with Gasteiger partial charge in [0.2, 0.25) is 5.88 Å². The monoisotopic (exact) mass is 349 g/mol. The van der Waals surface area contributed by atoms with Gasteiger partial charge < -0.3 is 14.0 Å². The highest BCUT2D eigenvalue weighted by Crippen LogP contribution is 2.35. The Morgan fingerprint density at radius 3 is 2.67 bits per heavy atom. The van der Waals surface area contributed by atoms with Crippen molar-refractivity contribution in [2.75, 3.05) is 19.5 Å². The van der Waals surface area contributed by atoms with Crippen LogP contribution in [-0.2, 0) is 11.3 Å². The van der Waals surface area contributed by atoms with E-state index >= 15 is 0 Å². The number of aryl methyl sites for hydroxylation is 2. The molecule has 0 saturated heterocycles. The van der Waals surface area contributed by atoms with Gasteiger partial charge in [-0.15, -0.1) is 11.3 Å². The van der Waals surface area contributed by atoms with Crippen LogP contribution in [0.2, 0.25) is 0 Å². The fraction of sp³-hybridized carbons (Fsp3) is 0.357. The smallest absolute Gasteiger partial charge is 0.328 e. The lowest BCUT2D eigenvalue weighted by atomic mass is 10.2. The molecule has 10 heteroatoms. The lowest BCUT2D eigenvalue weighted by Crippen LogP contribution is -2.11. The highest BCUT2D eigenvalue weighted by atomic mass is 32.1. The first kappa shape index (κ1) is 16.3. The molecule has 0 aliphatic rings. The van der Waals surface area contributed by atoms with Gasteiger partial charge in [-0.25, -0.2) is 4.98 Å². The van der Waals surface area contributed by atoms with E-state index in [1.807, 2.05) is 6.92 Å². The van der Waals surface area contributed by atoms with Crippen molar-refractivity contribution >= 4 is 33.5 Å². The minimum absolute atomic E-state index is 0.0486. The summed E-state index contributed by atoms with van der Waals surface area (Å²) < 4.78 is 15.3. The molecule has 3 rings (SSSR count). The lowest BCUT2D eigenvalue weighted by molar-refractivity contribution is 0.102. The topological polar surface area (TPSA) is 112 Å². The number of nitrogens with one attached hydrogen (secondary N) is 1. The van der Waals surface area contributed by atoms with E-state index in [1.54, 1.807) is 14.0 Å². The van der Waals surface area contributed by atoms with Gasteiger partial charge in [0, 0.05) is 7.11 Å². The summed E-state index contributed by atoms with van der Waals surface area (Å²) in [7, 11) is 3.08. The Bertz CT molecular complexity index is 904. The van der Waals surface area contributed by atoms with Gasteiger partial charge in [-0.1, -0.05) is 5.16 Å². The molecule has 1 amide bonds. The standard InChI is InChI=1S/C14H15N5O4S/c1-6-9-12(22-4)16-8(5-21-3)17-13(9)24-10(6)11(20)18-14-15-7(2)19-23-14/h5H2,1-4H3,(H,15,18,19,20). The molecule has 126 valence electrons. The molecule has 9 nitrogen and oxygen atoms in total. The number of carbonyl (C=O) groups is 1. The van der Waals surface area contributed by atoms with E-state index in [0.717, 1.165) is 5.56 Å². The third kappa shape index (κ3) is 2.93. The summed E-state index contributed by atoms with van der Waals surface area (Å²) in [5, 5.41) is 6.91. The van der Waals surface area contributed by atoms with Crippen molar-refractivity contribution in [3.8, 4) is 5.88 Å². The zero-order valence-electron chi connectivity index (χ0n) is 13.5. The maximum absolute atomic E-state index is 12.5. The zero-order chi connectivity index (χ0) is 17.3. The van der Waals surface area contributed by atoms with E-state index in [2.05, 4.69) is 25.4 Å². The first-order valence-electron chi connectivity index (χ1n) is 6.98. The van der Waals surface area contributed by atoms with Crippen LogP contribution in [0.15, 0.2) is 4.52 Å². The van der Waals surface area contributed by atoms with Crippen LogP contribution in [0.3, 0.4) is 0 Å². The van der Waals surface area contributed by atoms with Crippen LogP contribution in [0.4, 0.5) is 6.01 Å². The average molecular weight is 349 g/mol. The Balaban J connectivity index is 2.02. The molecule has 3 aromatic rings. The number of carbonyl (C=O) groups excluding carboxylic acids is 1. The summed E-state index contributed by atoms with van der Waals surface area (Å²) in [4.78, 5) is 26.3. The Kier molecular flexibility index (Phi) is 4.40. The van der Waals surface area contributed by atoms with Crippen LogP contribution in [0.25, 0.3) is 10.2 Å². The average Bonchev–Trinajstić information content (AvgIpc) is 3.10. The van der Waals surface area contributed by atoms with Crippen LogP contribution in [0.1, 0.15) is 26.9 Å². The van der Waals surface area contributed by atoms with Crippen molar-refractivity contribution in [2.45, 2.75) is 20.5 Å². The van der Waals surface area contributed by atoms with Crippen molar-refractivity contribution in [2.24, 2.45) is 0 Å². The minimum atomic E-state index is -0.352. The maximum Gasteiger partial charge on any atom is 0.328 e. The lowest BCUT2D eigenvalue weighted by Gasteiger charge is -2.04. The second-order valence-electron chi connectivity index (χ2n) is 4.92. The van der Waals surface area contributed by atoms with Gasteiger partial charge in [-0.05, 0) is 19.4 Å². The molecular formula is C14H15N5O4S. The molecule has 0 fully saturated rings. The first-order valence-corrected chi connectivity index (χ1v) is 7.79. The van der Waals surface area contributed by atoms with Crippen molar-refractivity contribution in [1.82, 2.24) is 20.1 Å². The molecule has 0 saturated carbocycles. The number of hydrogen-bond donors (Lipinski definition) is 1. The van der Waals surface area contributed by atoms with Crippen molar-refractivity contribution in [3.63, 3.8) is 0 Å². The number of nitrogens with zero attached hydrogens (tertiary/aromatic N) is 4. The van der Waals surface area contributed by atoms with Crippen LogP contribution in [-0.4, -0.2) is 40.2 Å². The third-order valence-corrected chi connectivity index (χ3v) is 4.41. The van der Waals surface area contributed by atoms with Gasteiger partial charge in [0.15, 0.2) is 11.6 Å². The second kappa shape index (κ2) is 6.49. The quantitative estimate of drug-likeness (QED) is 0.745. The van der Waals surface area contributed by atoms with E-state index in [9.17, 15) is 4.79 Å². The summed E-state index contributed by atoms with van der Waals surface area (Å²) in [6, 6.07) is 0.0486. The van der Waals surface area contributed by atoms with Crippen molar-refractivity contribution < 1.29 is 18.8 Å². The number of fused-ring (bicyclic) bond motifs is 1. The summed E-state index contributed by atoms with van der Waals surface area (Å²) in [6.07, 6.45) is 0.